The predicted octanol–water partition coefficient (Wildman–Crippen LogP) is 9.05. The Bertz CT molecular complexity index is 1470. The minimum Gasteiger partial charge on any atom is -0.462 e. The van der Waals surface area contributed by atoms with E-state index in [2.05, 4.69) is 86.8 Å². The third-order valence-electron chi connectivity index (χ3n) is 9.91. The van der Waals surface area contributed by atoms with Crippen LogP contribution in [0.25, 0.3) is 0 Å². The van der Waals surface area contributed by atoms with E-state index in [4.69, 9.17) is 18.5 Å². The van der Waals surface area contributed by atoms with E-state index >= 15 is 0 Å². The molecule has 358 valence electrons. The van der Waals surface area contributed by atoms with Crippen molar-refractivity contribution in [3.05, 3.63) is 97.2 Å². The number of rotatable bonds is 36. The van der Waals surface area contributed by atoms with Crippen molar-refractivity contribution in [1.82, 2.24) is 0 Å². The maximum Gasteiger partial charge on any atom is 0.472 e. The van der Waals surface area contributed by atoms with Crippen molar-refractivity contribution in [3.63, 3.8) is 0 Å². The van der Waals surface area contributed by atoms with Gasteiger partial charge in [-0.1, -0.05) is 143 Å². The van der Waals surface area contributed by atoms with E-state index in [1.807, 2.05) is 24.3 Å². The molecule has 1 fully saturated rings. The molecule has 0 aliphatic heterocycles. The van der Waals surface area contributed by atoms with Gasteiger partial charge < -0.3 is 39.9 Å². The van der Waals surface area contributed by atoms with Gasteiger partial charge in [-0.25, -0.2) is 4.57 Å². The third kappa shape index (κ3) is 30.5. The summed E-state index contributed by atoms with van der Waals surface area (Å²) in [5, 5.41) is 50.1. The van der Waals surface area contributed by atoms with Crippen LogP contribution >= 0.6 is 7.82 Å². The molecule has 0 spiro atoms. The fourth-order valence-corrected chi connectivity index (χ4v) is 7.19. The predicted molar refractivity (Wildman–Crippen MR) is 248 cm³/mol. The van der Waals surface area contributed by atoms with E-state index in [1.165, 1.54) is 38.5 Å². The summed E-state index contributed by atoms with van der Waals surface area (Å²) in [6, 6.07) is 0. The average molecular weight is 907 g/mol. The molecule has 1 aliphatic rings. The summed E-state index contributed by atoms with van der Waals surface area (Å²) < 4.78 is 33.4. The summed E-state index contributed by atoms with van der Waals surface area (Å²) in [6.07, 6.45) is 37.6. The van der Waals surface area contributed by atoms with Gasteiger partial charge in [-0.2, -0.15) is 0 Å². The molecule has 0 bridgehead atoms. The number of esters is 2. The molecule has 0 amide bonds. The van der Waals surface area contributed by atoms with Crippen molar-refractivity contribution in [2.24, 2.45) is 0 Å². The number of carbonyl (C=O) groups excluding carboxylic acids is 2. The van der Waals surface area contributed by atoms with Crippen LogP contribution in [0, 0.1) is 0 Å². The lowest BCUT2D eigenvalue weighted by Gasteiger charge is -2.41. The SMILES string of the molecule is CC/C=C/C/C=C/C/C=C/C/C=C/C/C=C/CCCC(=O)O[C@@H](COC(=O)CCC/C=C/C/C=C/C/C=C/CCCCCCCC)COP(=O)(O)OC1C(O)C(O)C(O)[C@H](O)C1O. The zero-order valence-electron chi connectivity index (χ0n) is 37.8. The number of hydrogen-bond donors (Lipinski definition) is 6. The molecule has 0 aromatic heterocycles. The topological polar surface area (TPSA) is 210 Å². The molecule has 1 aliphatic carbocycles. The third-order valence-corrected chi connectivity index (χ3v) is 10.9. The number of aliphatic hydroxyl groups is 5. The van der Waals surface area contributed by atoms with Gasteiger partial charge in [-0.3, -0.25) is 18.6 Å². The Morgan fingerprint density at radius 2 is 0.905 bits per heavy atom. The number of aliphatic hydroxyl groups excluding tert-OH is 5. The van der Waals surface area contributed by atoms with E-state index in [0.717, 1.165) is 51.4 Å². The lowest BCUT2D eigenvalue weighted by Crippen LogP contribution is -2.64. The summed E-state index contributed by atoms with van der Waals surface area (Å²) >= 11 is 0. The maximum atomic E-state index is 12.8. The molecule has 1 saturated carbocycles. The fraction of sp³-hybridized carbons (Fsp3) is 0.633. The molecule has 6 N–H and O–H groups in total. The maximum absolute atomic E-state index is 12.8. The van der Waals surface area contributed by atoms with Gasteiger partial charge in [0.15, 0.2) is 6.10 Å². The standard InChI is InChI=1S/C49H79O13P/c1-3-5-7-9-11-13-15-17-19-21-23-25-27-29-31-33-35-37-42(50)59-39-41(40-60-63(57,58)62-49-47(55)45(53)44(52)46(54)48(49)56)61-43(51)38-36-34-32-30-28-26-24-22-20-18-16-14-12-10-8-6-4-2/h6,8,12,14,17-20,23-26,29-32,41,44-49,52-56H,3-5,7,9-11,13,15-16,21-22,27-28,33-40H2,1-2H3,(H,57,58)/b8-6+,14-12+,19-17+,20-18+,25-23+,26-24+,31-29+,32-30+/t41-,44?,45-,46?,47?,48?,49?/m0/s1. The first-order chi connectivity index (χ1) is 30.4. The molecule has 0 heterocycles. The summed E-state index contributed by atoms with van der Waals surface area (Å²) in [5.74, 6) is -1.24. The van der Waals surface area contributed by atoms with Crippen LogP contribution in [0.2, 0.25) is 0 Å². The Hall–Kier alpha value is -3.23. The Morgan fingerprint density at radius 3 is 1.38 bits per heavy atom. The van der Waals surface area contributed by atoms with Crippen LogP contribution in [0.1, 0.15) is 142 Å². The highest BCUT2D eigenvalue weighted by Gasteiger charge is 2.51. The van der Waals surface area contributed by atoms with Crippen molar-refractivity contribution in [2.75, 3.05) is 13.2 Å². The molecule has 13 nitrogen and oxygen atoms in total. The van der Waals surface area contributed by atoms with Crippen molar-refractivity contribution in [3.8, 4) is 0 Å². The second kappa shape index (κ2) is 38.1. The fourth-order valence-electron chi connectivity index (χ4n) is 6.22. The molecule has 6 unspecified atom stereocenters. The lowest BCUT2D eigenvalue weighted by atomic mass is 9.85. The van der Waals surface area contributed by atoms with Crippen molar-refractivity contribution in [2.45, 2.75) is 185 Å². The molecular formula is C49H79O13P. The highest BCUT2D eigenvalue weighted by Crippen LogP contribution is 2.47. The molecule has 0 saturated heterocycles. The molecule has 8 atom stereocenters. The zero-order chi connectivity index (χ0) is 46.4. The van der Waals surface area contributed by atoms with Crippen LogP contribution < -0.4 is 0 Å². The summed E-state index contributed by atoms with van der Waals surface area (Å²) in [4.78, 5) is 35.7. The molecule has 1 rings (SSSR count). The first-order valence-corrected chi connectivity index (χ1v) is 24.5. The number of phosphoric acid groups is 1. The lowest BCUT2D eigenvalue weighted by molar-refractivity contribution is -0.220. The van der Waals surface area contributed by atoms with Gasteiger partial charge in [0.1, 0.15) is 43.2 Å². The minimum absolute atomic E-state index is 0.00207. The van der Waals surface area contributed by atoms with Crippen LogP contribution in [0.15, 0.2) is 97.2 Å². The van der Waals surface area contributed by atoms with E-state index in [9.17, 15) is 44.6 Å². The Balaban J connectivity index is 2.55. The molecule has 0 aromatic rings. The van der Waals surface area contributed by atoms with Crippen molar-refractivity contribution >= 4 is 19.8 Å². The van der Waals surface area contributed by atoms with Gasteiger partial charge in [-0.05, 0) is 83.5 Å². The quantitative estimate of drug-likeness (QED) is 0.0150. The molecule has 0 aromatic carbocycles. The number of phosphoric ester groups is 1. The number of hydrogen-bond acceptors (Lipinski definition) is 12. The first kappa shape index (κ1) is 57.8. The summed E-state index contributed by atoms with van der Waals surface area (Å²) in [6.45, 7) is 3.07. The Labute approximate surface area is 377 Å². The molecule has 0 radical (unpaired) electrons. The normalized spacial score (nSPS) is 22.6. The largest absolute Gasteiger partial charge is 0.472 e. The number of carbonyl (C=O) groups is 2. The van der Waals surface area contributed by atoms with Crippen LogP contribution in [-0.2, 0) is 32.7 Å². The second-order valence-electron chi connectivity index (χ2n) is 15.5. The van der Waals surface area contributed by atoms with Gasteiger partial charge in [0.2, 0.25) is 0 Å². The highest BCUT2D eigenvalue weighted by molar-refractivity contribution is 7.47. The molecule has 14 heteroatoms. The van der Waals surface area contributed by atoms with Gasteiger partial charge in [0.05, 0.1) is 6.61 Å². The second-order valence-corrected chi connectivity index (χ2v) is 16.9. The number of ether oxygens (including phenoxy) is 2. The smallest absolute Gasteiger partial charge is 0.462 e. The van der Waals surface area contributed by atoms with Gasteiger partial charge in [0, 0.05) is 12.8 Å². The van der Waals surface area contributed by atoms with Gasteiger partial charge in [0.25, 0.3) is 0 Å². The number of unbranched alkanes of at least 4 members (excludes halogenated alkanes) is 8. The van der Waals surface area contributed by atoms with E-state index in [1.54, 1.807) is 0 Å². The van der Waals surface area contributed by atoms with Crippen LogP contribution in [-0.4, -0.2) is 98.3 Å². The van der Waals surface area contributed by atoms with Gasteiger partial charge >= 0.3 is 19.8 Å². The van der Waals surface area contributed by atoms with Crippen LogP contribution in [0.4, 0.5) is 0 Å². The molecular weight excluding hydrogens is 828 g/mol. The summed E-state index contributed by atoms with van der Waals surface area (Å²) in [5.41, 5.74) is 0. The number of allylic oxidation sites excluding steroid dienone is 16. The molecule has 63 heavy (non-hydrogen) atoms. The zero-order valence-corrected chi connectivity index (χ0v) is 38.7. The minimum atomic E-state index is -5.15. The van der Waals surface area contributed by atoms with Gasteiger partial charge in [-0.15, -0.1) is 0 Å². The van der Waals surface area contributed by atoms with Crippen molar-refractivity contribution in [1.29, 1.82) is 0 Å². The monoisotopic (exact) mass is 907 g/mol. The Kier molecular flexibility index (Phi) is 34.9. The van der Waals surface area contributed by atoms with Crippen LogP contribution in [0.3, 0.4) is 0 Å². The summed E-state index contributed by atoms with van der Waals surface area (Å²) in [7, 11) is -5.15. The van der Waals surface area contributed by atoms with E-state index < -0.39 is 75.7 Å². The van der Waals surface area contributed by atoms with Crippen LogP contribution in [0.5, 0.6) is 0 Å². The van der Waals surface area contributed by atoms with Crippen molar-refractivity contribution < 1.29 is 63.1 Å². The first-order valence-electron chi connectivity index (χ1n) is 23.0. The Morgan fingerprint density at radius 1 is 0.508 bits per heavy atom. The van der Waals surface area contributed by atoms with E-state index in [-0.39, 0.29) is 12.8 Å². The average Bonchev–Trinajstić information content (AvgIpc) is 3.26. The highest BCUT2D eigenvalue weighted by atomic mass is 31.2. The van der Waals surface area contributed by atoms with E-state index in [0.29, 0.717) is 25.7 Å².